The van der Waals surface area contributed by atoms with Crippen LogP contribution in [-0.4, -0.2) is 81.6 Å². The molecule has 10 heteroatoms. The van der Waals surface area contributed by atoms with Crippen molar-refractivity contribution < 1.29 is 28.0 Å². The van der Waals surface area contributed by atoms with Gasteiger partial charge in [-0.1, -0.05) is 12.1 Å². The van der Waals surface area contributed by atoms with E-state index in [-0.39, 0.29) is 37.7 Å². The van der Waals surface area contributed by atoms with Gasteiger partial charge in [0.25, 0.3) is 17.7 Å². The number of hydrogen-bond donors (Lipinski definition) is 0. The zero-order valence-corrected chi connectivity index (χ0v) is 16.3. The molecule has 0 bridgehead atoms. The molecule has 0 unspecified atom stereocenters. The van der Waals surface area contributed by atoms with Crippen LogP contribution in [0.2, 0.25) is 0 Å². The summed E-state index contributed by atoms with van der Waals surface area (Å²) in [5, 5.41) is 0. The number of rotatable bonds is 4. The molecule has 1 aromatic rings. The lowest BCUT2D eigenvalue weighted by atomic mass is 10.1. The van der Waals surface area contributed by atoms with Crippen LogP contribution in [0.25, 0.3) is 0 Å². The number of halogens is 2. The summed E-state index contributed by atoms with van der Waals surface area (Å²) in [5.41, 5.74) is 0.620. The number of carbonyl (C=O) groups excluding carboxylic acids is 4. The predicted octanol–water partition coefficient (Wildman–Crippen LogP) is 1.44. The first-order chi connectivity index (χ1) is 13.8. The fourth-order valence-corrected chi connectivity index (χ4v) is 4.99. The number of amides is 4. The molecule has 3 aliphatic heterocycles. The van der Waals surface area contributed by atoms with Gasteiger partial charge < -0.3 is 9.80 Å². The van der Waals surface area contributed by atoms with Gasteiger partial charge in [-0.2, -0.15) is 0 Å². The molecule has 1 atom stereocenters. The first kappa shape index (κ1) is 19.8. The molecule has 4 rings (SSSR count). The van der Waals surface area contributed by atoms with E-state index in [1.165, 1.54) is 16.7 Å². The summed E-state index contributed by atoms with van der Waals surface area (Å²) in [7, 11) is 0. The smallest absolute Gasteiger partial charge is 0.267 e. The van der Waals surface area contributed by atoms with E-state index >= 15 is 0 Å². The van der Waals surface area contributed by atoms with Gasteiger partial charge in [-0.3, -0.25) is 24.1 Å². The highest BCUT2D eigenvalue weighted by Gasteiger charge is 2.45. The van der Waals surface area contributed by atoms with E-state index in [0.29, 0.717) is 16.9 Å². The maximum Gasteiger partial charge on any atom is 0.267 e. The monoisotopic (exact) mass is 423 g/mol. The molecule has 0 spiro atoms. The van der Waals surface area contributed by atoms with Gasteiger partial charge in [0.15, 0.2) is 0 Å². The van der Waals surface area contributed by atoms with Crippen LogP contribution in [0.5, 0.6) is 0 Å². The van der Waals surface area contributed by atoms with E-state index in [1.807, 2.05) is 0 Å². The van der Waals surface area contributed by atoms with Crippen molar-refractivity contribution in [1.29, 1.82) is 0 Å². The molecule has 154 valence electrons. The second-order valence-electron chi connectivity index (χ2n) is 7.30. The van der Waals surface area contributed by atoms with Crippen molar-refractivity contribution in [2.75, 3.05) is 31.3 Å². The molecule has 4 amide bonds. The van der Waals surface area contributed by atoms with Crippen molar-refractivity contribution in [2.24, 2.45) is 0 Å². The standard InChI is InChI=1S/C19H19F2N3O4S/c20-19(21)6-8-22(10-19)18(28)14-9-29-11-24(14)15(25)5-7-23-16(26)12-3-1-2-4-13(12)17(23)27/h1-4,14H,5-11H2/t14-/m0/s1. The van der Waals surface area contributed by atoms with E-state index < -0.39 is 36.2 Å². The quantitative estimate of drug-likeness (QED) is 0.685. The van der Waals surface area contributed by atoms with Crippen LogP contribution in [0.4, 0.5) is 8.78 Å². The number of carbonyl (C=O) groups is 4. The van der Waals surface area contributed by atoms with Crippen LogP contribution in [0.15, 0.2) is 24.3 Å². The van der Waals surface area contributed by atoms with Gasteiger partial charge in [-0.05, 0) is 12.1 Å². The van der Waals surface area contributed by atoms with Crippen LogP contribution in [0.1, 0.15) is 33.6 Å². The van der Waals surface area contributed by atoms with Crippen LogP contribution in [-0.2, 0) is 9.59 Å². The highest BCUT2D eigenvalue weighted by Crippen LogP contribution is 2.30. The molecule has 2 fully saturated rings. The average Bonchev–Trinajstić information content (AvgIpc) is 3.38. The number of benzene rings is 1. The van der Waals surface area contributed by atoms with Gasteiger partial charge in [0.2, 0.25) is 11.8 Å². The third kappa shape index (κ3) is 3.61. The second-order valence-corrected chi connectivity index (χ2v) is 8.30. The largest absolute Gasteiger partial charge is 0.335 e. The van der Waals surface area contributed by atoms with Crippen molar-refractivity contribution in [3.63, 3.8) is 0 Å². The zero-order valence-electron chi connectivity index (χ0n) is 15.5. The summed E-state index contributed by atoms with van der Waals surface area (Å²) >= 11 is 1.38. The molecule has 3 aliphatic rings. The molecule has 29 heavy (non-hydrogen) atoms. The van der Waals surface area contributed by atoms with Gasteiger partial charge in [-0.15, -0.1) is 11.8 Å². The SMILES string of the molecule is O=C([C@@H]1CSCN1C(=O)CCN1C(=O)c2ccccc2C1=O)N1CCC(F)(F)C1. The van der Waals surface area contributed by atoms with Crippen molar-refractivity contribution in [3.8, 4) is 0 Å². The molecule has 0 aliphatic carbocycles. The van der Waals surface area contributed by atoms with Gasteiger partial charge in [0.05, 0.1) is 23.5 Å². The Kier molecular flexibility index (Phi) is 5.05. The molecule has 0 N–H and O–H groups in total. The molecule has 0 radical (unpaired) electrons. The highest BCUT2D eigenvalue weighted by molar-refractivity contribution is 7.99. The Morgan fingerprint density at radius 3 is 2.38 bits per heavy atom. The van der Waals surface area contributed by atoms with Crippen LogP contribution < -0.4 is 0 Å². The third-order valence-electron chi connectivity index (χ3n) is 5.40. The molecule has 3 heterocycles. The highest BCUT2D eigenvalue weighted by atomic mass is 32.2. The zero-order chi connectivity index (χ0) is 20.8. The average molecular weight is 423 g/mol. The molecular weight excluding hydrogens is 404 g/mol. The Hall–Kier alpha value is -2.49. The lowest BCUT2D eigenvalue weighted by Crippen LogP contribution is -2.49. The normalized spacial score (nSPS) is 23.1. The fraction of sp³-hybridized carbons (Fsp3) is 0.474. The van der Waals surface area contributed by atoms with Gasteiger partial charge in [-0.25, -0.2) is 8.78 Å². The summed E-state index contributed by atoms with van der Waals surface area (Å²) < 4.78 is 26.9. The van der Waals surface area contributed by atoms with Gasteiger partial charge >= 0.3 is 0 Å². The number of fused-ring (bicyclic) bond motifs is 1. The molecule has 7 nitrogen and oxygen atoms in total. The minimum absolute atomic E-state index is 0.0237. The summed E-state index contributed by atoms with van der Waals surface area (Å²) in [5.74, 6) is -4.00. The first-order valence-electron chi connectivity index (χ1n) is 9.27. The Labute approximate surface area is 170 Å². The molecular formula is C19H19F2N3O4S. The van der Waals surface area contributed by atoms with Crippen molar-refractivity contribution >= 4 is 35.4 Å². The maximum absolute atomic E-state index is 13.4. The van der Waals surface area contributed by atoms with E-state index in [2.05, 4.69) is 0 Å². The summed E-state index contributed by atoms with van der Waals surface area (Å²) in [4.78, 5) is 53.6. The minimum Gasteiger partial charge on any atom is -0.335 e. The van der Waals surface area contributed by atoms with Gasteiger partial charge in [0.1, 0.15) is 6.04 Å². The third-order valence-corrected chi connectivity index (χ3v) is 6.41. The predicted molar refractivity (Wildman–Crippen MR) is 101 cm³/mol. The number of likely N-dealkylation sites (tertiary alicyclic amines) is 1. The number of hydrogen-bond acceptors (Lipinski definition) is 5. The van der Waals surface area contributed by atoms with E-state index in [0.717, 1.165) is 9.80 Å². The van der Waals surface area contributed by atoms with E-state index in [1.54, 1.807) is 24.3 Å². The van der Waals surface area contributed by atoms with Gasteiger partial charge in [0, 0.05) is 31.7 Å². The lowest BCUT2D eigenvalue weighted by Gasteiger charge is -2.27. The summed E-state index contributed by atoms with van der Waals surface area (Å²) in [6.07, 6.45) is -0.488. The number of imide groups is 1. The Balaban J connectivity index is 1.38. The topological polar surface area (TPSA) is 78.0 Å². The Bertz CT molecular complexity index is 859. The second kappa shape index (κ2) is 7.40. The fourth-order valence-electron chi connectivity index (χ4n) is 3.82. The number of nitrogens with zero attached hydrogens (tertiary/aromatic N) is 3. The first-order valence-corrected chi connectivity index (χ1v) is 10.4. The Morgan fingerprint density at radius 1 is 1.14 bits per heavy atom. The van der Waals surface area contributed by atoms with E-state index in [4.69, 9.17) is 0 Å². The maximum atomic E-state index is 13.4. The van der Waals surface area contributed by atoms with Crippen LogP contribution >= 0.6 is 11.8 Å². The van der Waals surface area contributed by atoms with Crippen molar-refractivity contribution in [1.82, 2.24) is 14.7 Å². The number of alkyl halides is 2. The minimum atomic E-state index is -2.89. The van der Waals surface area contributed by atoms with E-state index in [9.17, 15) is 28.0 Å². The summed E-state index contributed by atoms with van der Waals surface area (Å²) in [6, 6.07) is 5.67. The number of thioether (sulfide) groups is 1. The summed E-state index contributed by atoms with van der Waals surface area (Å²) in [6.45, 7) is -0.733. The van der Waals surface area contributed by atoms with Crippen molar-refractivity contribution in [3.05, 3.63) is 35.4 Å². The molecule has 1 aromatic carbocycles. The lowest BCUT2D eigenvalue weighted by molar-refractivity contribution is -0.143. The van der Waals surface area contributed by atoms with Crippen LogP contribution in [0, 0.1) is 0 Å². The molecule has 0 saturated carbocycles. The molecule has 2 saturated heterocycles. The van der Waals surface area contributed by atoms with Crippen molar-refractivity contribution in [2.45, 2.75) is 24.8 Å². The Morgan fingerprint density at radius 2 is 1.79 bits per heavy atom. The molecule has 0 aromatic heterocycles. The van der Waals surface area contributed by atoms with Crippen LogP contribution in [0.3, 0.4) is 0 Å².